The Bertz CT molecular complexity index is 552. The zero-order chi connectivity index (χ0) is 17.4. The molecule has 7 nitrogen and oxygen atoms in total. The molecule has 8 heteroatoms. The predicted octanol–water partition coefficient (Wildman–Crippen LogP) is 0.289. The average molecular weight is 340 g/mol. The number of amides is 1. The van der Waals surface area contributed by atoms with Crippen molar-refractivity contribution in [2.45, 2.75) is 25.0 Å². The second-order valence-electron chi connectivity index (χ2n) is 4.88. The van der Waals surface area contributed by atoms with Crippen LogP contribution in [0.5, 0.6) is 0 Å². The summed E-state index contributed by atoms with van der Waals surface area (Å²) in [6.07, 6.45) is -0.523. The molecule has 23 heavy (non-hydrogen) atoms. The molecule has 126 valence electrons. The fourth-order valence-electron chi connectivity index (χ4n) is 2.05. The van der Waals surface area contributed by atoms with Gasteiger partial charge in [-0.25, -0.2) is 4.79 Å². The van der Waals surface area contributed by atoms with E-state index in [4.69, 9.17) is 15.6 Å². The smallest absolute Gasteiger partial charge is 0.329 e. The molecular weight excluding hydrogens is 320 g/mol. The van der Waals surface area contributed by atoms with E-state index in [-0.39, 0.29) is 12.3 Å². The Kier molecular flexibility index (Phi) is 7.56. The van der Waals surface area contributed by atoms with Gasteiger partial charge in [-0.1, -0.05) is 30.3 Å². The third-order valence-electron chi connectivity index (χ3n) is 3.21. The van der Waals surface area contributed by atoms with Crippen LogP contribution < -0.4 is 5.73 Å². The molecule has 0 spiro atoms. The number of benzene rings is 1. The van der Waals surface area contributed by atoms with Crippen molar-refractivity contribution >= 4 is 30.5 Å². The third-order valence-corrected chi connectivity index (χ3v) is 3.56. The highest BCUT2D eigenvalue weighted by Crippen LogP contribution is 2.13. The number of hydrogen-bond acceptors (Lipinski definition) is 6. The fraction of sp³-hybridized carbons (Fsp3) is 0.400. The largest absolute Gasteiger partial charge is 0.481 e. The van der Waals surface area contributed by atoms with E-state index in [1.165, 1.54) is 12.0 Å². The van der Waals surface area contributed by atoms with E-state index in [9.17, 15) is 14.4 Å². The Morgan fingerprint density at radius 1 is 1.30 bits per heavy atom. The number of nitrogens with two attached hydrogens (primary N) is 1. The molecule has 0 unspecified atom stereocenters. The monoisotopic (exact) mass is 340 g/mol. The second-order valence-corrected chi connectivity index (χ2v) is 5.24. The van der Waals surface area contributed by atoms with Crippen LogP contribution in [0.3, 0.4) is 0 Å². The molecule has 0 heterocycles. The first-order valence-corrected chi connectivity index (χ1v) is 7.54. The molecule has 0 aliphatic carbocycles. The van der Waals surface area contributed by atoms with Crippen molar-refractivity contribution in [1.82, 2.24) is 4.90 Å². The van der Waals surface area contributed by atoms with Crippen LogP contribution in [-0.4, -0.2) is 52.8 Å². The molecule has 3 N–H and O–H groups in total. The van der Waals surface area contributed by atoms with Gasteiger partial charge in [0.25, 0.3) is 0 Å². The lowest BCUT2D eigenvalue weighted by molar-refractivity contribution is -0.153. The van der Waals surface area contributed by atoms with Gasteiger partial charge in [0.2, 0.25) is 5.91 Å². The number of rotatable bonds is 8. The van der Waals surface area contributed by atoms with Gasteiger partial charge in [0, 0.05) is 12.3 Å². The van der Waals surface area contributed by atoms with Crippen molar-refractivity contribution in [3.05, 3.63) is 35.9 Å². The first-order chi connectivity index (χ1) is 10.9. The highest BCUT2D eigenvalue weighted by molar-refractivity contribution is 7.80. The zero-order valence-electron chi connectivity index (χ0n) is 12.7. The Labute approximate surface area is 139 Å². The van der Waals surface area contributed by atoms with E-state index in [2.05, 4.69) is 12.6 Å². The van der Waals surface area contributed by atoms with E-state index >= 15 is 0 Å². The van der Waals surface area contributed by atoms with Gasteiger partial charge in [0.05, 0.1) is 19.6 Å². The van der Waals surface area contributed by atoms with Crippen LogP contribution in [0.2, 0.25) is 0 Å². The van der Waals surface area contributed by atoms with Crippen molar-refractivity contribution in [3.8, 4) is 0 Å². The first kappa shape index (κ1) is 19.0. The summed E-state index contributed by atoms with van der Waals surface area (Å²) >= 11 is 4.10. The Balaban J connectivity index is 3.06. The molecular formula is C15H20N2O5S. The van der Waals surface area contributed by atoms with Gasteiger partial charge in [-0.3, -0.25) is 9.59 Å². The maximum Gasteiger partial charge on any atom is 0.329 e. The highest BCUT2D eigenvalue weighted by Gasteiger charge is 2.33. The summed E-state index contributed by atoms with van der Waals surface area (Å²) in [4.78, 5) is 36.4. The summed E-state index contributed by atoms with van der Waals surface area (Å²) < 4.78 is 4.69. The Hall–Kier alpha value is -2.06. The molecule has 2 atom stereocenters. The van der Waals surface area contributed by atoms with Gasteiger partial charge < -0.3 is 20.5 Å². The van der Waals surface area contributed by atoms with Crippen molar-refractivity contribution in [3.63, 3.8) is 0 Å². The van der Waals surface area contributed by atoms with Gasteiger partial charge in [-0.15, -0.1) is 0 Å². The summed E-state index contributed by atoms with van der Waals surface area (Å²) in [5.74, 6) is -2.43. The van der Waals surface area contributed by atoms with E-state index in [0.717, 1.165) is 5.56 Å². The van der Waals surface area contributed by atoms with Crippen LogP contribution in [0.25, 0.3) is 0 Å². The number of carboxylic acids is 1. The predicted molar refractivity (Wildman–Crippen MR) is 86.9 cm³/mol. The van der Waals surface area contributed by atoms with Crippen molar-refractivity contribution in [1.29, 1.82) is 0 Å². The van der Waals surface area contributed by atoms with Crippen molar-refractivity contribution < 1.29 is 24.2 Å². The minimum Gasteiger partial charge on any atom is -0.481 e. The average Bonchev–Trinajstić information content (AvgIpc) is 2.53. The quantitative estimate of drug-likeness (QED) is 0.463. The maximum atomic E-state index is 12.5. The topological polar surface area (TPSA) is 110 Å². The number of esters is 1. The normalized spacial score (nSPS) is 13.0. The number of carbonyl (C=O) groups excluding carboxylic acids is 2. The van der Waals surface area contributed by atoms with Gasteiger partial charge in [-0.2, -0.15) is 12.6 Å². The number of carboxylic acid groups (broad SMARTS) is 1. The third kappa shape index (κ3) is 5.57. The lowest BCUT2D eigenvalue weighted by Crippen LogP contribution is -2.52. The van der Waals surface area contributed by atoms with Gasteiger partial charge >= 0.3 is 11.9 Å². The fourth-order valence-corrected chi connectivity index (χ4v) is 2.39. The summed E-state index contributed by atoms with van der Waals surface area (Å²) in [6.45, 7) is 0.104. The van der Waals surface area contributed by atoms with Gasteiger partial charge in [0.15, 0.2) is 0 Å². The number of thiol groups is 1. The van der Waals surface area contributed by atoms with E-state index in [1.54, 1.807) is 24.3 Å². The SMILES string of the molecule is COC(=O)[C@H](CS)N(Cc1ccccc1)C(=O)[C@@H](N)CC(=O)O. The number of methoxy groups -OCH3 is 1. The number of carbonyl (C=O) groups is 3. The lowest BCUT2D eigenvalue weighted by atomic mass is 10.1. The lowest BCUT2D eigenvalue weighted by Gasteiger charge is -2.31. The van der Waals surface area contributed by atoms with Crippen molar-refractivity contribution in [2.75, 3.05) is 12.9 Å². The number of nitrogens with zero attached hydrogens (tertiary/aromatic N) is 1. The van der Waals surface area contributed by atoms with Crippen LogP contribution >= 0.6 is 12.6 Å². The molecule has 0 saturated carbocycles. The van der Waals surface area contributed by atoms with Crippen LogP contribution in [0.4, 0.5) is 0 Å². The second kappa shape index (κ2) is 9.16. The highest BCUT2D eigenvalue weighted by atomic mass is 32.1. The van der Waals surface area contributed by atoms with E-state index in [0.29, 0.717) is 0 Å². The first-order valence-electron chi connectivity index (χ1n) is 6.91. The summed E-state index contributed by atoms with van der Waals surface area (Å²) in [6, 6.07) is 6.79. The molecule has 0 radical (unpaired) electrons. The van der Waals surface area contributed by atoms with Crippen LogP contribution in [-0.2, 0) is 25.7 Å². The minimum absolute atomic E-state index is 0.0328. The Morgan fingerprint density at radius 3 is 2.39 bits per heavy atom. The number of hydrogen-bond donors (Lipinski definition) is 3. The molecule has 1 rings (SSSR count). The number of ether oxygens (including phenoxy) is 1. The summed E-state index contributed by atoms with van der Waals surface area (Å²) in [7, 11) is 1.21. The molecule has 0 saturated heterocycles. The maximum absolute atomic E-state index is 12.5. The summed E-state index contributed by atoms with van der Waals surface area (Å²) in [5, 5.41) is 8.80. The summed E-state index contributed by atoms with van der Waals surface area (Å²) in [5.41, 5.74) is 6.43. The molecule has 0 bridgehead atoms. The van der Waals surface area contributed by atoms with Crippen molar-refractivity contribution in [2.24, 2.45) is 5.73 Å². The molecule has 0 aliphatic rings. The Morgan fingerprint density at radius 2 is 1.91 bits per heavy atom. The molecule has 1 aromatic carbocycles. The minimum atomic E-state index is -1.25. The van der Waals surface area contributed by atoms with Crippen LogP contribution in [0.15, 0.2) is 30.3 Å². The van der Waals surface area contributed by atoms with Crippen LogP contribution in [0.1, 0.15) is 12.0 Å². The molecule has 0 aromatic heterocycles. The number of aliphatic carboxylic acids is 1. The van der Waals surface area contributed by atoms with E-state index in [1.807, 2.05) is 6.07 Å². The van der Waals surface area contributed by atoms with Gasteiger partial charge in [0.1, 0.15) is 6.04 Å². The molecule has 0 aliphatic heterocycles. The molecule has 1 amide bonds. The van der Waals surface area contributed by atoms with Crippen LogP contribution in [0, 0.1) is 0 Å². The zero-order valence-corrected chi connectivity index (χ0v) is 13.6. The standard InChI is InChI=1S/C15H20N2O5S/c1-22-15(21)12(9-23)17(8-10-5-3-2-4-6-10)14(20)11(16)7-13(18)19/h2-6,11-12,23H,7-9,16H2,1H3,(H,18,19)/t11-,12-/m0/s1. The van der Waals surface area contributed by atoms with Gasteiger partial charge in [-0.05, 0) is 5.56 Å². The molecule has 0 fully saturated rings. The molecule has 1 aromatic rings. The van der Waals surface area contributed by atoms with E-state index < -0.39 is 36.4 Å².